The number of hydrogen-bond donors (Lipinski definition) is 3. The fourth-order valence-corrected chi connectivity index (χ4v) is 2.78. The molecular weight excluding hydrogens is 230 g/mol. The molecule has 0 saturated carbocycles. The van der Waals surface area contributed by atoms with Gasteiger partial charge in [-0.15, -0.1) is 0 Å². The number of rotatable bonds is 4. The summed E-state index contributed by atoms with van der Waals surface area (Å²) in [6, 6.07) is 2.21. The van der Waals surface area contributed by atoms with Gasteiger partial charge in [0.1, 0.15) is 17.5 Å². The Hall–Kier alpha value is -1.40. The number of nitrogens with one attached hydrogen (secondary N) is 2. The molecule has 3 heterocycles. The van der Waals surface area contributed by atoms with E-state index in [2.05, 4.69) is 20.7 Å². The Morgan fingerprint density at radius 1 is 1.39 bits per heavy atom. The highest BCUT2D eigenvalue weighted by Gasteiger charge is 2.40. The zero-order chi connectivity index (χ0) is 12.5. The molecule has 3 unspecified atom stereocenters. The van der Waals surface area contributed by atoms with Crippen LogP contribution in [0.2, 0.25) is 0 Å². The average molecular weight is 249 g/mol. The lowest BCUT2D eigenvalue weighted by Crippen LogP contribution is -2.31. The van der Waals surface area contributed by atoms with Gasteiger partial charge in [-0.1, -0.05) is 6.92 Å². The van der Waals surface area contributed by atoms with Gasteiger partial charge in [0.25, 0.3) is 0 Å². The van der Waals surface area contributed by atoms with Crippen LogP contribution in [0.25, 0.3) is 0 Å². The molecule has 3 rings (SSSR count). The average Bonchev–Trinajstić information content (AvgIpc) is 3.00. The SMILES string of the molecule is CCc1nc(NN)cc(NC2CC3CCC2O3)n1. The Labute approximate surface area is 106 Å². The number of aryl methyl sites for hydroxylation is 1. The van der Waals surface area contributed by atoms with Crippen LogP contribution in [0.1, 0.15) is 32.0 Å². The van der Waals surface area contributed by atoms with E-state index >= 15 is 0 Å². The first-order valence-corrected chi connectivity index (χ1v) is 6.55. The van der Waals surface area contributed by atoms with Crippen LogP contribution in [0.4, 0.5) is 11.6 Å². The van der Waals surface area contributed by atoms with Gasteiger partial charge >= 0.3 is 0 Å². The van der Waals surface area contributed by atoms with E-state index in [1.54, 1.807) is 0 Å². The van der Waals surface area contributed by atoms with E-state index < -0.39 is 0 Å². The Kier molecular flexibility index (Phi) is 3.05. The number of fused-ring (bicyclic) bond motifs is 2. The maximum atomic E-state index is 5.82. The molecule has 0 spiro atoms. The van der Waals surface area contributed by atoms with Crippen LogP contribution in [0.3, 0.4) is 0 Å². The van der Waals surface area contributed by atoms with E-state index in [9.17, 15) is 0 Å². The van der Waals surface area contributed by atoms with Gasteiger partial charge in [-0.2, -0.15) is 0 Å². The molecule has 2 aliphatic rings. The second-order valence-corrected chi connectivity index (χ2v) is 4.91. The smallest absolute Gasteiger partial charge is 0.145 e. The van der Waals surface area contributed by atoms with Gasteiger partial charge in [-0.3, -0.25) is 0 Å². The maximum Gasteiger partial charge on any atom is 0.145 e. The molecule has 0 aromatic carbocycles. The standard InChI is InChI=1S/C12H19N5O/c1-2-10-15-11(6-12(16-10)17-13)14-8-5-7-3-4-9(8)18-7/h6-9H,2-5,13H2,1H3,(H2,14,15,16,17). The van der Waals surface area contributed by atoms with Crippen molar-refractivity contribution < 1.29 is 4.74 Å². The number of hydrogen-bond acceptors (Lipinski definition) is 6. The molecule has 2 saturated heterocycles. The lowest BCUT2D eigenvalue weighted by molar-refractivity contribution is 0.102. The minimum atomic E-state index is 0.337. The molecule has 6 heteroatoms. The van der Waals surface area contributed by atoms with Crippen LogP contribution >= 0.6 is 0 Å². The van der Waals surface area contributed by atoms with E-state index in [1.807, 2.05) is 13.0 Å². The first-order valence-electron chi connectivity index (χ1n) is 6.55. The Balaban J connectivity index is 1.75. The molecular formula is C12H19N5O. The third kappa shape index (κ3) is 2.13. The third-order valence-corrected chi connectivity index (χ3v) is 3.68. The fraction of sp³-hybridized carbons (Fsp3) is 0.667. The van der Waals surface area contributed by atoms with Gasteiger partial charge in [0.05, 0.1) is 18.2 Å². The summed E-state index contributed by atoms with van der Waals surface area (Å²) in [5, 5.41) is 3.45. The number of ether oxygens (including phenoxy) is 1. The lowest BCUT2D eigenvalue weighted by Gasteiger charge is -2.21. The topological polar surface area (TPSA) is 85.1 Å². The van der Waals surface area contributed by atoms with E-state index in [-0.39, 0.29) is 0 Å². The zero-order valence-corrected chi connectivity index (χ0v) is 10.5. The molecule has 0 aliphatic carbocycles. The number of nitrogen functional groups attached to an aromatic ring is 1. The van der Waals surface area contributed by atoms with Gasteiger partial charge in [-0.05, 0) is 19.3 Å². The van der Waals surface area contributed by atoms with Crippen LogP contribution in [-0.4, -0.2) is 28.2 Å². The molecule has 1 aromatic heterocycles. The number of anilines is 2. The van der Waals surface area contributed by atoms with Crippen molar-refractivity contribution in [3.63, 3.8) is 0 Å². The van der Waals surface area contributed by atoms with Gasteiger partial charge in [0, 0.05) is 12.5 Å². The monoisotopic (exact) mass is 249 g/mol. The summed E-state index contributed by atoms with van der Waals surface area (Å²) in [6.07, 6.45) is 4.98. The van der Waals surface area contributed by atoms with Crippen LogP contribution in [0, 0.1) is 0 Å². The minimum Gasteiger partial charge on any atom is -0.373 e. The van der Waals surface area contributed by atoms with Crippen molar-refractivity contribution in [2.24, 2.45) is 5.84 Å². The van der Waals surface area contributed by atoms with Crippen LogP contribution in [0.15, 0.2) is 6.07 Å². The van der Waals surface area contributed by atoms with Crippen LogP contribution in [-0.2, 0) is 11.2 Å². The first kappa shape index (κ1) is 11.7. The summed E-state index contributed by atoms with van der Waals surface area (Å²) in [7, 11) is 0. The summed E-state index contributed by atoms with van der Waals surface area (Å²) in [6.45, 7) is 2.03. The maximum absolute atomic E-state index is 5.82. The highest BCUT2D eigenvalue weighted by molar-refractivity contribution is 5.47. The van der Waals surface area contributed by atoms with E-state index in [4.69, 9.17) is 10.6 Å². The van der Waals surface area contributed by atoms with Crippen molar-refractivity contribution in [3.05, 3.63) is 11.9 Å². The Morgan fingerprint density at radius 2 is 2.22 bits per heavy atom. The fourth-order valence-electron chi connectivity index (χ4n) is 2.78. The predicted octanol–water partition coefficient (Wildman–Crippen LogP) is 1.06. The summed E-state index contributed by atoms with van der Waals surface area (Å²) < 4.78 is 5.82. The van der Waals surface area contributed by atoms with E-state index in [0.717, 1.165) is 30.9 Å². The number of nitrogens with zero attached hydrogens (tertiary/aromatic N) is 2. The largest absolute Gasteiger partial charge is 0.373 e. The zero-order valence-electron chi connectivity index (χ0n) is 10.5. The van der Waals surface area contributed by atoms with Gasteiger partial charge < -0.3 is 15.5 Å². The summed E-state index contributed by atoms with van der Waals surface area (Å²) >= 11 is 0. The molecule has 2 fully saturated rings. The number of aromatic nitrogens is 2. The van der Waals surface area contributed by atoms with Crippen molar-refractivity contribution in [3.8, 4) is 0 Å². The van der Waals surface area contributed by atoms with Gasteiger partial charge in [-0.25, -0.2) is 15.8 Å². The molecule has 1 aromatic rings. The normalized spacial score (nSPS) is 29.6. The molecule has 18 heavy (non-hydrogen) atoms. The third-order valence-electron chi connectivity index (χ3n) is 3.68. The molecule has 6 nitrogen and oxygen atoms in total. The van der Waals surface area contributed by atoms with E-state index in [0.29, 0.717) is 24.1 Å². The molecule has 3 atom stereocenters. The molecule has 0 radical (unpaired) electrons. The van der Waals surface area contributed by atoms with Crippen molar-refractivity contribution in [2.45, 2.75) is 50.9 Å². The molecule has 2 aliphatic heterocycles. The summed E-state index contributed by atoms with van der Waals surface area (Å²) in [5.74, 6) is 7.68. The second-order valence-electron chi connectivity index (χ2n) is 4.91. The molecule has 98 valence electrons. The predicted molar refractivity (Wildman–Crippen MR) is 69.1 cm³/mol. The molecule has 4 N–H and O–H groups in total. The van der Waals surface area contributed by atoms with E-state index in [1.165, 1.54) is 6.42 Å². The number of nitrogens with two attached hydrogens (primary N) is 1. The number of hydrazine groups is 1. The highest BCUT2D eigenvalue weighted by atomic mass is 16.5. The van der Waals surface area contributed by atoms with Crippen LogP contribution in [0.5, 0.6) is 0 Å². The summed E-state index contributed by atoms with van der Waals surface area (Å²) in [5.41, 5.74) is 2.58. The van der Waals surface area contributed by atoms with Crippen molar-refractivity contribution >= 4 is 11.6 Å². The first-order chi connectivity index (χ1) is 8.78. The van der Waals surface area contributed by atoms with Crippen molar-refractivity contribution in [1.29, 1.82) is 0 Å². The van der Waals surface area contributed by atoms with Crippen molar-refractivity contribution in [1.82, 2.24) is 9.97 Å². The quantitative estimate of drug-likeness (QED) is 0.546. The van der Waals surface area contributed by atoms with Gasteiger partial charge in [0.2, 0.25) is 0 Å². The second kappa shape index (κ2) is 4.70. The summed E-state index contributed by atoms with van der Waals surface area (Å²) in [4.78, 5) is 8.75. The molecule has 2 bridgehead atoms. The minimum absolute atomic E-state index is 0.337. The highest BCUT2D eigenvalue weighted by Crippen LogP contribution is 2.35. The van der Waals surface area contributed by atoms with Crippen molar-refractivity contribution in [2.75, 3.05) is 10.7 Å². The van der Waals surface area contributed by atoms with Crippen LogP contribution < -0.4 is 16.6 Å². The molecule has 0 amide bonds. The Morgan fingerprint density at radius 3 is 2.83 bits per heavy atom. The van der Waals surface area contributed by atoms with Gasteiger partial charge in [0.15, 0.2) is 0 Å². The lowest BCUT2D eigenvalue weighted by atomic mass is 9.95. The Bertz CT molecular complexity index is 416.